The van der Waals surface area contributed by atoms with Crippen LogP contribution >= 0.6 is 11.6 Å². The molecule has 2 nitrogen and oxygen atoms in total. The average Bonchev–Trinajstić information content (AvgIpc) is 2.36. The number of piperidine rings is 1. The first kappa shape index (κ1) is 15.5. The van der Waals surface area contributed by atoms with E-state index in [2.05, 4.69) is 0 Å². The number of benzene rings is 1. The van der Waals surface area contributed by atoms with Gasteiger partial charge in [0, 0.05) is 19.6 Å². The summed E-state index contributed by atoms with van der Waals surface area (Å²) >= 11 is 5.81. The summed E-state index contributed by atoms with van der Waals surface area (Å²) < 4.78 is 51.2. The SMILES string of the molecule is OC1(C(F)(F)F)CCN(Cc2cccc(F)c2Cl)CC1. The number of alkyl halides is 3. The van der Waals surface area contributed by atoms with E-state index >= 15 is 0 Å². The molecule has 0 saturated carbocycles. The first-order chi connectivity index (χ1) is 9.23. The molecular weight excluding hydrogens is 298 g/mol. The lowest BCUT2D eigenvalue weighted by Crippen LogP contribution is -2.53. The Morgan fingerprint density at radius 3 is 2.40 bits per heavy atom. The number of likely N-dealkylation sites (tertiary alicyclic amines) is 1. The van der Waals surface area contributed by atoms with E-state index in [1.807, 2.05) is 0 Å². The molecule has 1 aliphatic heterocycles. The summed E-state index contributed by atoms with van der Waals surface area (Å²) in [5.74, 6) is -0.548. The van der Waals surface area contributed by atoms with E-state index in [1.54, 1.807) is 11.0 Å². The van der Waals surface area contributed by atoms with E-state index in [-0.39, 0.29) is 37.5 Å². The summed E-state index contributed by atoms with van der Waals surface area (Å²) in [6.07, 6.45) is -5.39. The molecule has 0 aromatic heterocycles. The molecule has 1 N–H and O–H groups in total. The molecule has 1 aromatic carbocycles. The van der Waals surface area contributed by atoms with Gasteiger partial charge in [0.2, 0.25) is 0 Å². The van der Waals surface area contributed by atoms with Gasteiger partial charge in [-0.05, 0) is 24.5 Å². The first-order valence-corrected chi connectivity index (χ1v) is 6.55. The van der Waals surface area contributed by atoms with Crippen LogP contribution in [0.5, 0.6) is 0 Å². The topological polar surface area (TPSA) is 23.5 Å². The molecule has 2 rings (SSSR count). The summed E-state index contributed by atoms with van der Waals surface area (Å²) in [4.78, 5) is 1.72. The summed E-state index contributed by atoms with van der Waals surface area (Å²) in [6.45, 7) is 0.441. The molecule has 112 valence electrons. The van der Waals surface area contributed by atoms with Crippen LogP contribution in [0.15, 0.2) is 18.2 Å². The van der Waals surface area contributed by atoms with Gasteiger partial charge in [-0.25, -0.2) is 4.39 Å². The maximum atomic E-state index is 13.3. The zero-order valence-electron chi connectivity index (χ0n) is 10.6. The summed E-state index contributed by atoms with van der Waals surface area (Å²) in [6, 6.07) is 4.37. The summed E-state index contributed by atoms with van der Waals surface area (Å²) in [5.41, 5.74) is -2.08. The van der Waals surface area contributed by atoms with Crippen LogP contribution in [-0.4, -0.2) is 34.9 Å². The van der Waals surface area contributed by atoms with E-state index < -0.39 is 17.6 Å². The first-order valence-electron chi connectivity index (χ1n) is 6.17. The number of rotatable bonds is 2. The Hall–Kier alpha value is -0.850. The Bertz CT molecular complexity index is 484. The molecule has 0 amide bonds. The zero-order chi connectivity index (χ0) is 15.0. The Kier molecular flexibility index (Phi) is 4.27. The van der Waals surface area contributed by atoms with E-state index in [9.17, 15) is 22.7 Å². The van der Waals surface area contributed by atoms with Gasteiger partial charge in [0.1, 0.15) is 5.82 Å². The summed E-state index contributed by atoms with van der Waals surface area (Å²) in [5, 5.41) is 9.54. The third kappa shape index (κ3) is 3.07. The van der Waals surface area contributed by atoms with Crippen molar-refractivity contribution >= 4 is 11.6 Å². The fourth-order valence-electron chi connectivity index (χ4n) is 2.28. The Balaban J connectivity index is 2.00. The lowest BCUT2D eigenvalue weighted by molar-refractivity contribution is -0.272. The van der Waals surface area contributed by atoms with Crippen LogP contribution in [0, 0.1) is 5.82 Å². The van der Waals surface area contributed by atoms with Crippen molar-refractivity contribution in [2.45, 2.75) is 31.2 Å². The van der Waals surface area contributed by atoms with Crippen molar-refractivity contribution < 1.29 is 22.7 Å². The van der Waals surface area contributed by atoms with Gasteiger partial charge in [-0.15, -0.1) is 0 Å². The number of aliphatic hydroxyl groups is 1. The molecule has 1 aliphatic rings. The molecule has 0 aliphatic carbocycles. The zero-order valence-corrected chi connectivity index (χ0v) is 11.3. The highest BCUT2D eigenvalue weighted by Crippen LogP contribution is 2.38. The molecule has 0 atom stereocenters. The highest BCUT2D eigenvalue weighted by molar-refractivity contribution is 6.31. The largest absolute Gasteiger partial charge is 0.417 e. The molecular formula is C13H14ClF4NO. The van der Waals surface area contributed by atoms with Crippen LogP contribution < -0.4 is 0 Å². The second-order valence-electron chi connectivity index (χ2n) is 5.02. The van der Waals surface area contributed by atoms with Gasteiger partial charge in [-0.3, -0.25) is 4.90 Å². The van der Waals surface area contributed by atoms with Crippen LogP contribution in [0.25, 0.3) is 0 Å². The maximum Gasteiger partial charge on any atom is 0.417 e. The van der Waals surface area contributed by atoms with Crippen molar-refractivity contribution in [3.63, 3.8) is 0 Å². The fourth-order valence-corrected chi connectivity index (χ4v) is 2.46. The summed E-state index contributed by atoms with van der Waals surface area (Å²) in [7, 11) is 0. The molecule has 7 heteroatoms. The van der Waals surface area contributed by atoms with Crippen molar-refractivity contribution in [2.75, 3.05) is 13.1 Å². The maximum absolute atomic E-state index is 13.3. The normalized spacial score (nSPS) is 20.1. The molecule has 0 spiro atoms. The van der Waals surface area contributed by atoms with E-state index in [0.29, 0.717) is 5.56 Å². The molecule has 20 heavy (non-hydrogen) atoms. The van der Waals surface area contributed by atoms with E-state index in [4.69, 9.17) is 11.6 Å². The van der Waals surface area contributed by atoms with Crippen molar-refractivity contribution in [1.29, 1.82) is 0 Å². The van der Waals surface area contributed by atoms with Gasteiger partial charge in [0.15, 0.2) is 5.60 Å². The molecule has 0 radical (unpaired) electrons. The van der Waals surface area contributed by atoms with Crippen molar-refractivity contribution in [3.05, 3.63) is 34.6 Å². The number of hydrogen-bond acceptors (Lipinski definition) is 2. The Morgan fingerprint density at radius 2 is 1.85 bits per heavy atom. The highest BCUT2D eigenvalue weighted by atomic mass is 35.5. The molecule has 1 saturated heterocycles. The van der Waals surface area contributed by atoms with Crippen molar-refractivity contribution in [3.8, 4) is 0 Å². The second kappa shape index (κ2) is 5.50. The Labute approximate surface area is 118 Å². The second-order valence-corrected chi connectivity index (χ2v) is 5.40. The minimum absolute atomic E-state index is 0.0100. The lowest BCUT2D eigenvalue weighted by Gasteiger charge is -2.39. The minimum atomic E-state index is -4.62. The molecule has 1 fully saturated rings. The van der Waals surface area contributed by atoms with Gasteiger partial charge in [-0.2, -0.15) is 13.2 Å². The third-order valence-electron chi connectivity index (χ3n) is 3.64. The van der Waals surface area contributed by atoms with Crippen LogP contribution in [0.1, 0.15) is 18.4 Å². The van der Waals surface area contributed by atoms with E-state index in [0.717, 1.165) is 0 Å². The quantitative estimate of drug-likeness (QED) is 0.847. The monoisotopic (exact) mass is 311 g/mol. The van der Waals surface area contributed by atoms with Gasteiger partial charge >= 0.3 is 6.18 Å². The molecule has 0 bridgehead atoms. The highest BCUT2D eigenvalue weighted by Gasteiger charge is 2.54. The van der Waals surface area contributed by atoms with Crippen LogP contribution in [0.4, 0.5) is 17.6 Å². The fraction of sp³-hybridized carbons (Fsp3) is 0.538. The lowest BCUT2D eigenvalue weighted by atomic mass is 9.90. The predicted octanol–water partition coefficient (Wildman–Crippen LogP) is 3.37. The van der Waals surface area contributed by atoms with Crippen LogP contribution in [-0.2, 0) is 6.54 Å². The average molecular weight is 312 g/mol. The molecule has 1 heterocycles. The van der Waals surface area contributed by atoms with Crippen molar-refractivity contribution in [2.24, 2.45) is 0 Å². The molecule has 1 aromatic rings. The predicted molar refractivity (Wildman–Crippen MR) is 66.9 cm³/mol. The number of halogens is 5. The minimum Gasteiger partial charge on any atom is -0.380 e. The Morgan fingerprint density at radius 1 is 1.25 bits per heavy atom. The van der Waals surface area contributed by atoms with Crippen LogP contribution in [0.3, 0.4) is 0 Å². The number of nitrogens with zero attached hydrogens (tertiary/aromatic N) is 1. The smallest absolute Gasteiger partial charge is 0.380 e. The van der Waals surface area contributed by atoms with Gasteiger partial charge in [0.05, 0.1) is 5.02 Å². The van der Waals surface area contributed by atoms with Gasteiger partial charge in [-0.1, -0.05) is 23.7 Å². The van der Waals surface area contributed by atoms with Crippen molar-refractivity contribution in [1.82, 2.24) is 4.90 Å². The molecule has 0 unspecified atom stereocenters. The van der Waals surface area contributed by atoms with E-state index in [1.165, 1.54) is 12.1 Å². The van der Waals surface area contributed by atoms with Crippen LogP contribution in [0.2, 0.25) is 5.02 Å². The number of hydrogen-bond donors (Lipinski definition) is 1. The third-order valence-corrected chi connectivity index (χ3v) is 4.06. The van der Waals surface area contributed by atoms with Gasteiger partial charge in [0.25, 0.3) is 0 Å². The van der Waals surface area contributed by atoms with Gasteiger partial charge < -0.3 is 5.11 Å². The standard InChI is InChI=1S/C13H14ClF4NO/c14-11-9(2-1-3-10(11)15)8-19-6-4-12(20,5-7-19)13(16,17)18/h1-3,20H,4-8H2.